The number of carbonyl (C=O) groups excluding carboxylic acids is 1. The van der Waals surface area contributed by atoms with Crippen molar-refractivity contribution in [3.63, 3.8) is 0 Å². The highest BCUT2D eigenvalue weighted by molar-refractivity contribution is 7.93. The maximum Gasteiger partial charge on any atom is 0.268 e. The van der Waals surface area contributed by atoms with Crippen LogP contribution in [0.4, 0.5) is 5.69 Å². The zero-order valence-corrected chi connectivity index (χ0v) is 19.9. The van der Waals surface area contributed by atoms with E-state index in [1.165, 1.54) is 4.31 Å². The van der Waals surface area contributed by atoms with Crippen molar-refractivity contribution >= 4 is 21.6 Å². The van der Waals surface area contributed by atoms with Gasteiger partial charge in [-0.05, 0) is 49.8 Å². The second kappa shape index (κ2) is 9.64. The molecule has 0 unspecified atom stereocenters. The van der Waals surface area contributed by atoms with E-state index in [2.05, 4.69) is 38.1 Å². The van der Waals surface area contributed by atoms with E-state index in [1.54, 1.807) is 37.7 Å². The van der Waals surface area contributed by atoms with Gasteiger partial charge >= 0.3 is 0 Å². The molecule has 0 saturated carbocycles. The van der Waals surface area contributed by atoms with Crippen LogP contribution in [0.25, 0.3) is 0 Å². The second-order valence-electron chi connectivity index (χ2n) is 8.41. The molecule has 1 aromatic carbocycles. The molecular formula is C22H34N4O3S. The quantitative estimate of drug-likeness (QED) is 0.654. The highest BCUT2D eigenvalue weighted by atomic mass is 32.2. The molecule has 7 nitrogen and oxygen atoms in total. The van der Waals surface area contributed by atoms with Gasteiger partial charge in [0.15, 0.2) is 0 Å². The van der Waals surface area contributed by atoms with Gasteiger partial charge in [-0.25, -0.2) is 8.42 Å². The van der Waals surface area contributed by atoms with Gasteiger partial charge in [-0.15, -0.1) is 0 Å². The van der Waals surface area contributed by atoms with Crippen LogP contribution in [0.1, 0.15) is 57.0 Å². The Morgan fingerprint density at radius 2 is 1.73 bits per heavy atom. The zero-order chi connectivity index (χ0) is 22.6. The number of carbonyl (C=O) groups is 1. The van der Waals surface area contributed by atoms with Crippen molar-refractivity contribution in [2.45, 2.75) is 58.8 Å². The number of nitrogens with zero attached hydrogens (tertiary/aromatic N) is 3. The number of nitrogens with one attached hydrogen (secondary N) is 1. The van der Waals surface area contributed by atoms with Gasteiger partial charge in [0.1, 0.15) is 11.4 Å². The van der Waals surface area contributed by atoms with E-state index in [1.807, 2.05) is 12.1 Å². The molecule has 1 N–H and O–H groups in total. The van der Waals surface area contributed by atoms with Gasteiger partial charge < -0.3 is 5.32 Å². The number of anilines is 1. The van der Waals surface area contributed by atoms with Gasteiger partial charge in [0.05, 0.1) is 17.1 Å². The number of hydrogen-bond donors (Lipinski definition) is 1. The van der Waals surface area contributed by atoms with Crippen LogP contribution < -0.4 is 9.62 Å². The Balaban J connectivity index is 2.43. The first-order chi connectivity index (χ1) is 13.9. The van der Waals surface area contributed by atoms with Gasteiger partial charge in [0, 0.05) is 13.6 Å². The number of hydrogen-bond acceptors (Lipinski definition) is 4. The lowest BCUT2D eigenvalue weighted by Crippen LogP contribution is -2.41. The fraction of sp³-hybridized carbons (Fsp3) is 0.545. The molecule has 0 aliphatic carbocycles. The maximum absolute atomic E-state index is 13.6. The lowest BCUT2D eigenvalue weighted by Gasteiger charge is -2.25. The summed E-state index contributed by atoms with van der Waals surface area (Å²) in [6.45, 7) is 11.9. The lowest BCUT2D eigenvalue weighted by molar-refractivity contribution is -0.119. The first kappa shape index (κ1) is 23.9. The number of rotatable bonds is 9. The summed E-state index contributed by atoms with van der Waals surface area (Å²) in [5.74, 6) is 0.451. The fourth-order valence-electron chi connectivity index (χ4n) is 3.26. The molecule has 30 heavy (non-hydrogen) atoms. The average molecular weight is 435 g/mol. The molecule has 166 valence electrons. The van der Waals surface area contributed by atoms with Gasteiger partial charge in [-0.3, -0.25) is 13.8 Å². The SMILES string of the molecule is Cc1nn(C)c(C)c1S(=O)(=O)N(CC(=O)NCCC(C)C)c1ccc(C(C)C)cc1. The third-order valence-corrected chi connectivity index (χ3v) is 7.20. The van der Waals surface area contributed by atoms with E-state index in [0.29, 0.717) is 35.5 Å². The Hall–Kier alpha value is -2.35. The van der Waals surface area contributed by atoms with Crippen molar-refractivity contribution in [2.24, 2.45) is 13.0 Å². The molecule has 0 radical (unpaired) electrons. The van der Waals surface area contributed by atoms with Crippen LogP contribution in [0.5, 0.6) is 0 Å². The smallest absolute Gasteiger partial charge is 0.268 e. The lowest BCUT2D eigenvalue weighted by atomic mass is 10.0. The van der Waals surface area contributed by atoms with Crippen LogP contribution in [0.2, 0.25) is 0 Å². The fourth-order valence-corrected chi connectivity index (χ4v) is 5.09. The third kappa shape index (κ3) is 5.41. The van der Waals surface area contributed by atoms with Crippen LogP contribution >= 0.6 is 0 Å². The molecule has 0 bridgehead atoms. The van der Waals surface area contributed by atoms with Crippen LogP contribution in [0.3, 0.4) is 0 Å². The third-order valence-electron chi connectivity index (χ3n) is 5.17. The molecule has 8 heteroatoms. The predicted molar refractivity (Wildman–Crippen MR) is 120 cm³/mol. The van der Waals surface area contributed by atoms with E-state index in [-0.39, 0.29) is 17.3 Å². The zero-order valence-electron chi connectivity index (χ0n) is 19.1. The summed E-state index contributed by atoms with van der Waals surface area (Å²) in [6, 6.07) is 7.33. The number of aryl methyl sites for hydroxylation is 2. The molecular weight excluding hydrogens is 400 g/mol. The summed E-state index contributed by atoms with van der Waals surface area (Å²) in [6.07, 6.45) is 0.836. The van der Waals surface area contributed by atoms with E-state index in [4.69, 9.17) is 0 Å². The molecule has 0 saturated heterocycles. The van der Waals surface area contributed by atoms with E-state index in [0.717, 1.165) is 12.0 Å². The number of amides is 1. The largest absolute Gasteiger partial charge is 0.355 e. The van der Waals surface area contributed by atoms with E-state index in [9.17, 15) is 13.2 Å². The summed E-state index contributed by atoms with van der Waals surface area (Å²) >= 11 is 0. The average Bonchev–Trinajstić information content (AvgIpc) is 2.91. The number of aromatic nitrogens is 2. The van der Waals surface area contributed by atoms with E-state index >= 15 is 0 Å². The summed E-state index contributed by atoms with van der Waals surface area (Å²) in [5.41, 5.74) is 2.52. The van der Waals surface area contributed by atoms with Crippen molar-refractivity contribution in [1.29, 1.82) is 0 Å². The van der Waals surface area contributed by atoms with Crippen molar-refractivity contribution < 1.29 is 13.2 Å². The van der Waals surface area contributed by atoms with Crippen LogP contribution in [0, 0.1) is 19.8 Å². The molecule has 2 rings (SSSR count). The second-order valence-corrected chi connectivity index (χ2v) is 10.2. The molecule has 0 atom stereocenters. The summed E-state index contributed by atoms with van der Waals surface area (Å²) < 4.78 is 30.0. The molecule has 1 aromatic heterocycles. The molecule has 0 fully saturated rings. The highest BCUT2D eigenvalue weighted by Crippen LogP contribution is 2.28. The molecule has 0 spiro atoms. The Labute approximate surface area is 180 Å². The molecule has 1 heterocycles. The molecule has 2 aromatic rings. The summed E-state index contributed by atoms with van der Waals surface area (Å²) in [4.78, 5) is 12.7. The number of sulfonamides is 1. The van der Waals surface area contributed by atoms with Crippen LogP contribution in [0.15, 0.2) is 29.2 Å². The van der Waals surface area contributed by atoms with Gasteiger partial charge in [0.25, 0.3) is 10.0 Å². The molecule has 0 aliphatic heterocycles. The monoisotopic (exact) mass is 434 g/mol. The topological polar surface area (TPSA) is 84.3 Å². The van der Waals surface area contributed by atoms with Gasteiger partial charge in [-0.1, -0.05) is 39.8 Å². The first-order valence-corrected chi connectivity index (χ1v) is 11.8. The number of benzene rings is 1. The Morgan fingerprint density at radius 1 is 1.13 bits per heavy atom. The first-order valence-electron chi connectivity index (χ1n) is 10.3. The van der Waals surface area contributed by atoms with Crippen molar-refractivity contribution in [1.82, 2.24) is 15.1 Å². The highest BCUT2D eigenvalue weighted by Gasteiger charge is 2.32. The van der Waals surface area contributed by atoms with Crippen LogP contribution in [-0.2, 0) is 21.9 Å². The normalized spacial score (nSPS) is 11.9. The maximum atomic E-state index is 13.6. The van der Waals surface area contributed by atoms with Gasteiger partial charge in [0.2, 0.25) is 5.91 Å². The minimum atomic E-state index is -3.97. The van der Waals surface area contributed by atoms with Crippen LogP contribution in [-0.4, -0.2) is 37.2 Å². The molecule has 1 amide bonds. The van der Waals surface area contributed by atoms with Gasteiger partial charge in [-0.2, -0.15) is 5.10 Å². The van der Waals surface area contributed by atoms with E-state index < -0.39 is 10.0 Å². The minimum absolute atomic E-state index is 0.146. The van der Waals surface area contributed by atoms with Crippen molar-refractivity contribution in [3.05, 3.63) is 41.2 Å². The predicted octanol–water partition coefficient (Wildman–Crippen LogP) is 3.52. The molecule has 0 aliphatic rings. The Bertz CT molecular complexity index is 977. The van der Waals surface area contributed by atoms with Crippen molar-refractivity contribution in [3.8, 4) is 0 Å². The summed E-state index contributed by atoms with van der Waals surface area (Å²) in [7, 11) is -2.26. The summed E-state index contributed by atoms with van der Waals surface area (Å²) in [5, 5.41) is 7.08. The Morgan fingerprint density at radius 3 is 2.20 bits per heavy atom. The minimum Gasteiger partial charge on any atom is -0.355 e. The Kier molecular flexibility index (Phi) is 7.69. The standard InChI is InChI=1S/C22H34N4O3S/c1-15(2)12-13-23-21(27)14-26(20-10-8-19(9-11-20)16(3)4)30(28,29)22-17(5)24-25(7)18(22)6/h8-11,15-16H,12-14H2,1-7H3,(H,23,27). The van der Waals surface area contributed by atoms with Crippen molar-refractivity contribution in [2.75, 3.05) is 17.4 Å².